The highest BCUT2D eigenvalue weighted by molar-refractivity contribution is 5.96. The summed E-state index contributed by atoms with van der Waals surface area (Å²) in [5.74, 6) is -2.54. The molecule has 0 bridgehead atoms. The Morgan fingerprint density at radius 1 is 1.05 bits per heavy atom. The number of carbonyl (C=O) groups is 3. The largest absolute Gasteiger partial charge is 0.480 e. The second kappa shape index (κ2) is 7.63. The highest BCUT2D eigenvalue weighted by Gasteiger charge is 2.30. The van der Waals surface area contributed by atoms with E-state index in [1.165, 1.54) is 12.3 Å². The van der Waals surface area contributed by atoms with Crippen LogP contribution in [0.2, 0.25) is 0 Å². The van der Waals surface area contributed by atoms with Crippen LogP contribution < -0.4 is 10.6 Å². The van der Waals surface area contributed by atoms with Crippen molar-refractivity contribution in [3.8, 4) is 0 Å². The molecule has 0 fully saturated rings. The SMILES string of the molecule is CC(C)C(NC(=O)C(NC(=O)c1ccco1)C(C)C)C(=O)O. The molecule has 2 amide bonds. The topological polar surface area (TPSA) is 109 Å². The third-order valence-electron chi connectivity index (χ3n) is 3.21. The van der Waals surface area contributed by atoms with Crippen molar-refractivity contribution in [3.63, 3.8) is 0 Å². The Morgan fingerprint density at radius 2 is 1.64 bits per heavy atom. The van der Waals surface area contributed by atoms with Crippen molar-refractivity contribution in [1.82, 2.24) is 10.6 Å². The van der Waals surface area contributed by atoms with Crippen LogP contribution in [0.4, 0.5) is 0 Å². The minimum Gasteiger partial charge on any atom is -0.480 e. The summed E-state index contributed by atoms with van der Waals surface area (Å²) in [5.41, 5.74) is 0. The lowest BCUT2D eigenvalue weighted by molar-refractivity contribution is -0.143. The minimum absolute atomic E-state index is 0.0945. The van der Waals surface area contributed by atoms with Crippen molar-refractivity contribution >= 4 is 17.8 Å². The van der Waals surface area contributed by atoms with Crippen LogP contribution in [0, 0.1) is 11.8 Å². The maximum atomic E-state index is 12.3. The molecule has 7 nitrogen and oxygen atoms in total. The first-order valence-electron chi connectivity index (χ1n) is 7.11. The number of carbonyl (C=O) groups excluding carboxylic acids is 2. The van der Waals surface area contributed by atoms with Crippen LogP contribution in [0.25, 0.3) is 0 Å². The standard InChI is InChI=1S/C15H22N2O5/c1-8(2)11(16-13(18)10-6-5-7-22-10)14(19)17-12(9(3)4)15(20)21/h5-9,11-12H,1-4H3,(H,16,18)(H,17,19)(H,20,21). The summed E-state index contributed by atoms with van der Waals surface area (Å²) in [6, 6.07) is 1.20. The molecular weight excluding hydrogens is 288 g/mol. The zero-order valence-corrected chi connectivity index (χ0v) is 13.1. The van der Waals surface area contributed by atoms with Gasteiger partial charge in [-0.05, 0) is 24.0 Å². The molecule has 22 heavy (non-hydrogen) atoms. The maximum Gasteiger partial charge on any atom is 0.326 e. The summed E-state index contributed by atoms with van der Waals surface area (Å²) in [7, 11) is 0. The van der Waals surface area contributed by atoms with Gasteiger partial charge >= 0.3 is 5.97 Å². The molecule has 2 unspecified atom stereocenters. The highest BCUT2D eigenvalue weighted by atomic mass is 16.4. The van der Waals surface area contributed by atoms with Gasteiger partial charge in [0.2, 0.25) is 5.91 Å². The highest BCUT2D eigenvalue weighted by Crippen LogP contribution is 2.08. The van der Waals surface area contributed by atoms with Crippen LogP contribution in [0.3, 0.4) is 0 Å². The molecule has 0 spiro atoms. The normalized spacial score (nSPS) is 13.7. The first-order chi connectivity index (χ1) is 10.2. The Balaban J connectivity index is 2.80. The number of hydrogen-bond acceptors (Lipinski definition) is 4. The Hall–Kier alpha value is -2.31. The molecule has 1 aromatic heterocycles. The van der Waals surface area contributed by atoms with Crippen LogP contribution in [-0.4, -0.2) is 35.0 Å². The third-order valence-corrected chi connectivity index (χ3v) is 3.21. The van der Waals surface area contributed by atoms with Gasteiger partial charge in [-0.3, -0.25) is 9.59 Å². The average Bonchev–Trinajstić information content (AvgIpc) is 2.94. The van der Waals surface area contributed by atoms with E-state index in [1.807, 2.05) is 0 Å². The molecule has 0 aliphatic rings. The molecule has 0 aliphatic heterocycles. The Bertz CT molecular complexity index is 522. The summed E-state index contributed by atoms with van der Waals surface area (Å²) < 4.78 is 4.98. The minimum atomic E-state index is -1.11. The fourth-order valence-electron chi connectivity index (χ4n) is 1.91. The summed E-state index contributed by atoms with van der Waals surface area (Å²) in [6.07, 6.45) is 1.36. The number of rotatable bonds is 7. The molecule has 0 saturated carbocycles. The molecule has 0 aliphatic carbocycles. The van der Waals surface area contributed by atoms with E-state index in [2.05, 4.69) is 10.6 Å². The van der Waals surface area contributed by atoms with E-state index in [9.17, 15) is 14.4 Å². The number of furan rings is 1. The average molecular weight is 310 g/mol. The second-order valence-corrected chi connectivity index (χ2v) is 5.74. The van der Waals surface area contributed by atoms with E-state index in [-0.39, 0.29) is 17.6 Å². The molecule has 3 N–H and O–H groups in total. The monoisotopic (exact) mass is 310 g/mol. The first kappa shape index (κ1) is 17.7. The molecule has 122 valence electrons. The lowest BCUT2D eigenvalue weighted by atomic mass is 10.00. The van der Waals surface area contributed by atoms with Gasteiger partial charge in [0.1, 0.15) is 12.1 Å². The second-order valence-electron chi connectivity index (χ2n) is 5.74. The van der Waals surface area contributed by atoms with Crippen molar-refractivity contribution in [2.45, 2.75) is 39.8 Å². The van der Waals surface area contributed by atoms with Crippen LogP contribution in [0.15, 0.2) is 22.8 Å². The van der Waals surface area contributed by atoms with Gasteiger partial charge in [0.05, 0.1) is 6.26 Å². The van der Waals surface area contributed by atoms with Gasteiger partial charge in [0, 0.05) is 0 Å². The number of nitrogens with one attached hydrogen (secondary N) is 2. The molecule has 0 saturated heterocycles. The number of carboxylic acid groups (broad SMARTS) is 1. The Kier molecular flexibility index (Phi) is 6.15. The van der Waals surface area contributed by atoms with E-state index >= 15 is 0 Å². The van der Waals surface area contributed by atoms with Gasteiger partial charge in [-0.1, -0.05) is 27.7 Å². The van der Waals surface area contributed by atoms with Crippen molar-refractivity contribution in [3.05, 3.63) is 24.2 Å². The van der Waals surface area contributed by atoms with Crippen molar-refractivity contribution < 1.29 is 23.9 Å². The van der Waals surface area contributed by atoms with Crippen molar-refractivity contribution in [1.29, 1.82) is 0 Å². The Morgan fingerprint density at radius 3 is 2.05 bits per heavy atom. The fourth-order valence-corrected chi connectivity index (χ4v) is 1.91. The summed E-state index contributed by atoms with van der Waals surface area (Å²) in [6.45, 7) is 6.92. The van der Waals surface area contributed by atoms with Crippen molar-refractivity contribution in [2.24, 2.45) is 11.8 Å². The van der Waals surface area contributed by atoms with E-state index in [0.29, 0.717) is 0 Å². The molecular formula is C15H22N2O5. The lowest BCUT2D eigenvalue weighted by Gasteiger charge is -2.25. The van der Waals surface area contributed by atoms with Crippen LogP contribution >= 0.6 is 0 Å². The number of hydrogen-bond donors (Lipinski definition) is 3. The fraction of sp³-hybridized carbons (Fsp3) is 0.533. The van der Waals surface area contributed by atoms with Crippen molar-refractivity contribution in [2.75, 3.05) is 0 Å². The third kappa shape index (κ3) is 4.61. The summed E-state index contributed by atoms with van der Waals surface area (Å²) in [4.78, 5) is 35.4. The number of aliphatic carboxylic acids is 1. The molecule has 1 heterocycles. The van der Waals surface area contributed by atoms with E-state index in [1.54, 1.807) is 33.8 Å². The van der Waals surface area contributed by atoms with Gasteiger partial charge < -0.3 is 20.2 Å². The molecule has 2 atom stereocenters. The smallest absolute Gasteiger partial charge is 0.326 e. The zero-order valence-electron chi connectivity index (χ0n) is 13.1. The Labute approximate surface area is 129 Å². The zero-order chi connectivity index (χ0) is 16.9. The maximum absolute atomic E-state index is 12.3. The first-order valence-corrected chi connectivity index (χ1v) is 7.11. The molecule has 7 heteroatoms. The predicted molar refractivity (Wildman–Crippen MR) is 79.2 cm³/mol. The van der Waals surface area contributed by atoms with E-state index in [4.69, 9.17) is 9.52 Å². The van der Waals surface area contributed by atoms with Gasteiger partial charge in [-0.15, -0.1) is 0 Å². The summed E-state index contributed by atoms with van der Waals surface area (Å²) in [5, 5.41) is 14.2. The van der Waals surface area contributed by atoms with E-state index in [0.717, 1.165) is 0 Å². The quantitative estimate of drug-likeness (QED) is 0.702. The van der Waals surface area contributed by atoms with Gasteiger partial charge in [-0.25, -0.2) is 4.79 Å². The van der Waals surface area contributed by atoms with Crippen LogP contribution in [-0.2, 0) is 9.59 Å². The van der Waals surface area contributed by atoms with E-state index < -0.39 is 29.9 Å². The van der Waals surface area contributed by atoms with Gasteiger partial charge in [-0.2, -0.15) is 0 Å². The van der Waals surface area contributed by atoms with Crippen LogP contribution in [0.5, 0.6) is 0 Å². The molecule has 1 aromatic rings. The number of carboxylic acids is 1. The predicted octanol–water partition coefficient (Wildman–Crippen LogP) is 1.26. The molecule has 0 radical (unpaired) electrons. The van der Waals surface area contributed by atoms with Crippen LogP contribution in [0.1, 0.15) is 38.2 Å². The molecule has 1 rings (SSSR count). The molecule has 0 aromatic carbocycles. The summed E-state index contributed by atoms with van der Waals surface area (Å²) >= 11 is 0. The lowest BCUT2D eigenvalue weighted by Crippen LogP contribution is -2.54. The number of amides is 2. The van der Waals surface area contributed by atoms with Gasteiger partial charge in [0.15, 0.2) is 5.76 Å². The van der Waals surface area contributed by atoms with Gasteiger partial charge in [0.25, 0.3) is 5.91 Å².